The predicted octanol–water partition coefficient (Wildman–Crippen LogP) is 7.93. The van der Waals surface area contributed by atoms with E-state index >= 15 is 4.79 Å². The quantitative estimate of drug-likeness (QED) is 0.225. The van der Waals surface area contributed by atoms with Gasteiger partial charge in [0.05, 0.1) is 24.0 Å². The Morgan fingerprint density at radius 1 is 1.00 bits per heavy atom. The van der Waals surface area contributed by atoms with E-state index in [0.717, 1.165) is 93.5 Å². The summed E-state index contributed by atoms with van der Waals surface area (Å²) in [5.41, 5.74) is 10.3. The minimum atomic E-state index is -0.851. The molecule has 5 aliphatic heterocycles. The van der Waals surface area contributed by atoms with Crippen molar-refractivity contribution in [2.24, 2.45) is 16.7 Å². The first-order chi connectivity index (χ1) is 32.9. The van der Waals surface area contributed by atoms with Gasteiger partial charge in [0.25, 0.3) is 5.91 Å². The highest BCUT2D eigenvalue weighted by Gasteiger charge is 2.50. The van der Waals surface area contributed by atoms with Gasteiger partial charge in [0.1, 0.15) is 17.7 Å². The topological polar surface area (TPSA) is 142 Å². The fourth-order valence-electron chi connectivity index (χ4n) is 12.5. The van der Waals surface area contributed by atoms with Crippen LogP contribution < -0.4 is 10.7 Å². The summed E-state index contributed by atoms with van der Waals surface area (Å²) in [6, 6.07) is 9.15. The summed E-state index contributed by atoms with van der Waals surface area (Å²) in [6.07, 6.45) is 12.5. The van der Waals surface area contributed by atoms with Gasteiger partial charge in [-0.2, -0.15) is 0 Å². The van der Waals surface area contributed by atoms with Crippen molar-refractivity contribution in [1.82, 2.24) is 40.0 Å². The fraction of sp³-hybridized carbons (Fsp3) is 0.655. The standard InChI is InChI=1S/C55H78N8O6/c1-9-62-45-21-20-38-29-41(45)42(48(62)40-18-12-24-56-46(40)36(2)3)30-54(7,8)35-68-51(66)43-19-14-26-63(58-43)50(65)44(32-59-25-13-17-39(38)31-59)57-49(64)47(37-15-10-11-16-37)60-27-22-55(33-60)23-28-61(34-55)52(67)69-53(4,5)6/h12,17-18,20-21,24,29,36-37,43-44,47,58H,9-11,13-16,19,22-23,25-28,30-35H2,1-8H3,(H,57,64)/t43-,44-,47-,55-/m0/s1. The van der Waals surface area contributed by atoms with Gasteiger partial charge in [-0.15, -0.1) is 0 Å². The molecular formula is C55H78N8O6. The van der Waals surface area contributed by atoms with Crippen molar-refractivity contribution < 1.29 is 28.7 Å². The zero-order chi connectivity index (χ0) is 48.8. The molecule has 9 rings (SSSR count). The molecule has 1 saturated carbocycles. The number of likely N-dealkylation sites (tertiary alicyclic amines) is 2. The summed E-state index contributed by atoms with van der Waals surface area (Å²) >= 11 is 0. The highest BCUT2D eigenvalue weighted by Crippen LogP contribution is 2.44. The molecule has 14 nitrogen and oxygen atoms in total. The number of ether oxygens (including phenoxy) is 2. The van der Waals surface area contributed by atoms with E-state index in [0.29, 0.717) is 52.0 Å². The molecule has 3 aromatic rings. The first kappa shape index (κ1) is 49.2. The number of carbonyl (C=O) groups excluding carboxylic acids is 4. The first-order valence-electron chi connectivity index (χ1n) is 26.2. The highest BCUT2D eigenvalue weighted by atomic mass is 16.6. The summed E-state index contributed by atoms with van der Waals surface area (Å²) in [7, 11) is 0. The lowest BCUT2D eigenvalue weighted by atomic mass is 9.83. The van der Waals surface area contributed by atoms with Crippen molar-refractivity contribution >= 4 is 40.4 Å². The van der Waals surface area contributed by atoms with E-state index < -0.39 is 23.1 Å². The average molecular weight is 947 g/mol. The van der Waals surface area contributed by atoms with Crippen LogP contribution in [-0.4, -0.2) is 136 Å². The van der Waals surface area contributed by atoms with Crippen LogP contribution in [0, 0.1) is 16.7 Å². The van der Waals surface area contributed by atoms with Crippen molar-refractivity contribution in [3.8, 4) is 11.3 Å². The second kappa shape index (κ2) is 19.8. The van der Waals surface area contributed by atoms with Gasteiger partial charge in [0, 0.05) is 85.9 Å². The Hall–Kier alpha value is -4.79. The van der Waals surface area contributed by atoms with Crippen LogP contribution in [0.1, 0.15) is 136 Å². The summed E-state index contributed by atoms with van der Waals surface area (Å²) in [6.45, 7) is 22.5. The smallest absolute Gasteiger partial charge is 0.410 e. The van der Waals surface area contributed by atoms with E-state index in [4.69, 9.17) is 14.5 Å². The minimum Gasteiger partial charge on any atom is -0.464 e. The number of carbonyl (C=O) groups is 4. The van der Waals surface area contributed by atoms with Crippen molar-refractivity contribution in [3.63, 3.8) is 0 Å². The summed E-state index contributed by atoms with van der Waals surface area (Å²) in [5.74, 6) is -0.313. The molecule has 7 heterocycles. The van der Waals surface area contributed by atoms with Crippen LogP contribution in [0.5, 0.6) is 0 Å². The lowest BCUT2D eigenvalue weighted by molar-refractivity contribution is -0.155. The molecule has 1 aromatic carbocycles. The van der Waals surface area contributed by atoms with Crippen LogP contribution >= 0.6 is 0 Å². The van der Waals surface area contributed by atoms with E-state index in [2.05, 4.69) is 90.1 Å². The molecule has 3 saturated heterocycles. The fourth-order valence-corrected chi connectivity index (χ4v) is 12.5. The molecular weight excluding hydrogens is 869 g/mol. The Balaban J connectivity index is 1.03. The number of aryl methyl sites for hydroxylation is 1. The molecule has 1 unspecified atom stereocenters. The third-order valence-electron chi connectivity index (χ3n) is 15.8. The zero-order valence-electron chi connectivity index (χ0n) is 42.7. The number of hydrogen-bond acceptors (Lipinski definition) is 10. The Bertz CT molecular complexity index is 2450. The molecule has 14 heteroatoms. The molecule has 6 bridgehead atoms. The van der Waals surface area contributed by atoms with Gasteiger partial charge >= 0.3 is 12.1 Å². The maximum atomic E-state index is 15.1. The molecule has 374 valence electrons. The number of aromatic nitrogens is 2. The van der Waals surface area contributed by atoms with Gasteiger partial charge in [0.15, 0.2) is 0 Å². The van der Waals surface area contributed by atoms with Gasteiger partial charge in [-0.05, 0) is 138 Å². The van der Waals surface area contributed by atoms with Crippen molar-refractivity contribution in [1.29, 1.82) is 0 Å². The van der Waals surface area contributed by atoms with Crippen molar-refractivity contribution in [2.45, 2.75) is 156 Å². The van der Waals surface area contributed by atoms with Crippen LogP contribution in [0.15, 0.2) is 42.6 Å². The number of nitrogens with zero attached hydrogens (tertiary/aromatic N) is 6. The highest BCUT2D eigenvalue weighted by molar-refractivity contribution is 5.95. The van der Waals surface area contributed by atoms with Gasteiger partial charge in [-0.25, -0.2) is 10.2 Å². The Labute approximate surface area is 409 Å². The van der Waals surface area contributed by atoms with Crippen LogP contribution in [0.4, 0.5) is 4.79 Å². The third-order valence-corrected chi connectivity index (χ3v) is 15.8. The second-order valence-corrected chi connectivity index (χ2v) is 23.3. The minimum absolute atomic E-state index is 0.100. The van der Waals surface area contributed by atoms with Gasteiger partial charge in [-0.1, -0.05) is 52.7 Å². The Kier molecular flexibility index (Phi) is 14.1. The number of amides is 3. The molecule has 5 atom stereocenters. The van der Waals surface area contributed by atoms with E-state index in [9.17, 15) is 14.4 Å². The third kappa shape index (κ3) is 10.5. The number of hydrazine groups is 1. The number of esters is 1. The monoisotopic (exact) mass is 947 g/mol. The number of hydrogen-bond donors (Lipinski definition) is 2. The molecule has 6 aliphatic rings. The predicted molar refractivity (Wildman–Crippen MR) is 269 cm³/mol. The van der Waals surface area contributed by atoms with E-state index in [-0.39, 0.29) is 53.8 Å². The first-order valence-corrected chi connectivity index (χ1v) is 26.2. The van der Waals surface area contributed by atoms with Gasteiger partial charge in [0.2, 0.25) is 5.91 Å². The molecule has 3 amide bonds. The maximum absolute atomic E-state index is 15.1. The summed E-state index contributed by atoms with van der Waals surface area (Å²) < 4.78 is 14.4. The molecule has 0 radical (unpaired) electrons. The number of pyridine rings is 1. The number of cyclic esters (lactones) is 1. The maximum Gasteiger partial charge on any atom is 0.410 e. The largest absolute Gasteiger partial charge is 0.464 e. The van der Waals surface area contributed by atoms with E-state index in [1.54, 1.807) is 5.01 Å². The number of fused-ring (bicyclic) bond motifs is 6. The van der Waals surface area contributed by atoms with Crippen LogP contribution in [0.2, 0.25) is 0 Å². The molecule has 2 aromatic heterocycles. The van der Waals surface area contributed by atoms with Crippen molar-refractivity contribution in [3.05, 3.63) is 59.4 Å². The van der Waals surface area contributed by atoms with Gasteiger partial charge in [-0.3, -0.25) is 34.2 Å². The Morgan fingerprint density at radius 2 is 1.78 bits per heavy atom. The van der Waals surface area contributed by atoms with Crippen molar-refractivity contribution in [2.75, 3.05) is 59.0 Å². The van der Waals surface area contributed by atoms with Gasteiger partial charge < -0.3 is 24.3 Å². The number of benzene rings is 1. The second-order valence-electron chi connectivity index (χ2n) is 23.3. The summed E-state index contributed by atoms with van der Waals surface area (Å²) in [5, 5.41) is 6.15. The lowest BCUT2D eigenvalue weighted by Gasteiger charge is -2.39. The molecule has 2 N–H and O–H groups in total. The summed E-state index contributed by atoms with van der Waals surface area (Å²) in [4.78, 5) is 68.8. The molecule has 4 fully saturated rings. The van der Waals surface area contributed by atoms with E-state index in [1.165, 1.54) is 22.2 Å². The van der Waals surface area contributed by atoms with Crippen LogP contribution in [0.3, 0.4) is 0 Å². The normalized spacial score (nSPS) is 26.6. The van der Waals surface area contributed by atoms with Crippen LogP contribution in [-0.2, 0) is 36.8 Å². The lowest BCUT2D eigenvalue weighted by Crippen LogP contribution is -2.63. The average Bonchev–Trinajstić information content (AvgIpc) is 4.15. The SMILES string of the molecule is CCn1c(-c2cccnc2C(C)C)c2c3cc(ccc31)C1=CCCN(C1)C[C@H](NC(=O)[C@H](C1CCCC1)N1CC[C@]3(CCN(C(=O)OC(C)(C)C)C3)C1)C(=O)N1CCC[C@H](N1)C(=O)OCC(C)(C)C2. The zero-order valence-corrected chi connectivity index (χ0v) is 42.7. The molecule has 1 aliphatic carbocycles. The molecule has 1 spiro atoms. The number of rotatable bonds is 7. The number of nitrogens with one attached hydrogen (secondary N) is 2. The molecule has 69 heavy (non-hydrogen) atoms. The van der Waals surface area contributed by atoms with Crippen LogP contribution in [0.25, 0.3) is 27.7 Å². The van der Waals surface area contributed by atoms with E-state index in [1.807, 2.05) is 37.9 Å². The Morgan fingerprint density at radius 3 is 2.54 bits per heavy atom.